The molecule has 1 atom stereocenters. The Balaban J connectivity index is 1.68. The summed E-state index contributed by atoms with van der Waals surface area (Å²) >= 11 is 0. The number of rotatable bonds is 8. The van der Waals surface area contributed by atoms with Crippen LogP contribution in [0.5, 0.6) is 5.75 Å². The normalized spacial score (nSPS) is 18.0. The summed E-state index contributed by atoms with van der Waals surface area (Å²) in [7, 11) is 0. The number of hydrogen-bond acceptors (Lipinski definition) is 6. The molecule has 8 nitrogen and oxygen atoms in total. The van der Waals surface area contributed by atoms with Gasteiger partial charge in [0.2, 0.25) is 0 Å². The minimum Gasteiger partial charge on any atom is -0.507 e. The number of likely N-dealkylation sites (tertiary alicyclic amines) is 1. The van der Waals surface area contributed by atoms with Crippen LogP contribution in [-0.2, 0) is 16.1 Å². The summed E-state index contributed by atoms with van der Waals surface area (Å²) in [5.41, 5.74) is 0.412. The molecule has 160 valence electrons. The van der Waals surface area contributed by atoms with Gasteiger partial charge in [-0.15, -0.1) is 0 Å². The standard InChI is InChI=1S/C23H23N3O5/c1-2-30-17-7-3-6-16(14-17)21(27)19-20(18-8-4-13-31-18)26(23(29)22(19)28)11-5-10-25-12-9-24-15-25/h3-4,6-9,12-15,20,27H,2,5,10-11H2,1H3/b21-19-. The van der Waals surface area contributed by atoms with Crippen molar-refractivity contribution in [1.82, 2.24) is 14.5 Å². The number of benzene rings is 1. The third kappa shape index (κ3) is 4.09. The highest BCUT2D eigenvalue weighted by Crippen LogP contribution is 2.39. The lowest BCUT2D eigenvalue weighted by molar-refractivity contribution is -0.140. The van der Waals surface area contributed by atoms with Crippen LogP contribution < -0.4 is 4.74 Å². The Morgan fingerprint density at radius 2 is 2.10 bits per heavy atom. The minimum atomic E-state index is -0.798. The molecule has 1 saturated heterocycles. The maximum Gasteiger partial charge on any atom is 0.295 e. The van der Waals surface area contributed by atoms with E-state index in [-0.39, 0.29) is 11.3 Å². The number of imidazole rings is 1. The van der Waals surface area contributed by atoms with Crippen LogP contribution in [0.3, 0.4) is 0 Å². The van der Waals surface area contributed by atoms with E-state index in [9.17, 15) is 14.7 Å². The Labute approximate surface area is 179 Å². The van der Waals surface area contributed by atoms with E-state index in [4.69, 9.17) is 9.15 Å². The highest BCUT2D eigenvalue weighted by molar-refractivity contribution is 6.46. The second-order valence-electron chi connectivity index (χ2n) is 7.12. The summed E-state index contributed by atoms with van der Waals surface area (Å²) < 4.78 is 12.9. The third-order valence-electron chi connectivity index (χ3n) is 5.15. The molecule has 3 aromatic rings. The van der Waals surface area contributed by atoms with Crippen molar-refractivity contribution in [2.24, 2.45) is 0 Å². The number of amides is 1. The first-order valence-electron chi connectivity index (χ1n) is 10.1. The average molecular weight is 421 g/mol. The van der Waals surface area contributed by atoms with Gasteiger partial charge in [-0.05, 0) is 37.6 Å². The third-order valence-corrected chi connectivity index (χ3v) is 5.15. The first kappa shape index (κ1) is 20.5. The largest absolute Gasteiger partial charge is 0.507 e. The maximum absolute atomic E-state index is 12.9. The number of furan rings is 1. The summed E-state index contributed by atoms with van der Waals surface area (Å²) in [5, 5.41) is 11.0. The predicted molar refractivity (Wildman–Crippen MR) is 112 cm³/mol. The number of aliphatic hydroxyl groups excluding tert-OH is 1. The fourth-order valence-corrected chi connectivity index (χ4v) is 3.75. The zero-order valence-corrected chi connectivity index (χ0v) is 17.1. The molecular formula is C23H23N3O5. The molecule has 1 aromatic carbocycles. The lowest BCUT2D eigenvalue weighted by Crippen LogP contribution is -2.31. The zero-order valence-electron chi connectivity index (χ0n) is 17.1. The fraction of sp³-hybridized carbons (Fsp3) is 0.261. The second kappa shape index (κ2) is 8.91. The Kier molecular flexibility index (Phi) is 5.88. The molecule has 0 bridgehead atoms. The van der Waals surface area contributed by atoms with E-state index < -0.39 is 17.7 Å². The van der Waals surface area contributed by atoms with E-state index in [0.29, 0.717) is 43.2 Å². The number of ether oxygens (including phenoxy) is 1. The number of carbonyl (C=O) groups is 2. The molecule has 2 aromatic heterocycles. The molecule has 1 N–H and O–H groups in total. The van der Waals surface area contributed by atoms with Gasteiger partial charge in [0.25, 0.3) is 11.7 Å². The van der Waals surface area contributed by atoms with Crippen LogP contribution in [0, 0.1) is 0 Å². The van der Waals surface area contributed by atoms with Crippen LogP contribution in [0.1, 0.15) is 30.7 Å². The van der Waals surface area contributed by atoms with Crippen molar-refractivity contribution < 1.29 is 23.8 Å². The molecule has 0 radical (unpaired) electrons. The molecular weight excluding hydrogens is 398 g/mol. The minimum absolute atomic E-state index is 0.0104. The molecule has 31 heavy (non-hydrogen) atoms. The van der Waals surface area contributed by atoms with Gasteiger partial charge in [-0.1, -0.05) is 12.1 Å². The molecule has 4 rings (SSSR count). The molecule has 0 saturated carbocycles. The van der Waals surface area contributed by atoms with Gasteiger partial charge in [0.15, 0.2) is 0 Å². The molecule has 1 aliphatic rings. The van der Waals surface area contributed by atoms with Crippen molar-refractivity contribution in [2.75, 3.05) is 13.2 Å². The summed E-state index contributed by atoms with van der Waals surface area (Å²) in [6, 6.07) is 9.39. The van der Waals surface area contributed by atoms with Gasteiger partial charge in [-0.25, -0.2) is 4.98 Å². The topological polar surface area (TPSA) is 97.8 Å². The van der Waals surface area contributed by atoms with Crippen LogP contribution >= 0.6 is 0 Å². The van der Waals surface area contributed by atoms with E-state index in [1.807, 2.05) is 17.7 Å². The average Bonchev–Trinajstić information content (AvgIpc) is 3.52. The molecule has 0 aliphatic carbocycles. The molecule has 1 fully saturated rings. The number of ketones is 1. The van der Waals surface area contributed by atoms with Crippen molar-refractivity contribution >= 4 is 17.4 Å². The SMILES string of the molecule is CCOc1cccc(/C(O)=C2/C(=O)C(=O)N(CCCn3ccnc3)C2c2ccco2)c1. The van der Waals surface area contributed by atoms with Gasteiger partial charge < -0.3 is 23.7 Å². The second-order valence-corrected chi connectivity index (χ2v) is 7.12. The van der Waals surface area contributed by atoms with Gasteiger partial charge in [-0.2, -0.15) is 0 Å². The Bertz CT molecular complexity index is 1090. The number of aryl methyl sites for hydroxylation is 1. The van der Waals surface area contributed by atoms with Gasteiger partial charge in [0.1, 0.15) is 23.3 Å². The molecule has 0 spiro atoms. The first-order valence-corrected chi connectivity index (χ1v) is 10.1. The van der Waals surface area contributed by atoms with Gasteiger partial charge in [-0.3, -0.25) is 9.59 Å². The smallest absolute Gasteiger partial charge is 0.295 e. The fourth-order valence-electron chi connectivity index (χ4n) is 3.75. The summed E-state index contributed by atoms with van der Waals surface area (Å²) in [6.45, 7) is 3.30. The van der Waals surface area contributed by atoms with Gasteiger partial charge in [0.05, 0.1) is 24.8 Å². The van der Waals surface area contributed by atoms with Crippen LogP contribution in [0.2, 0.25) is 0 Å². The highest BCUT2D eigenvalue weighted by atomic mass is 16.5. The summed E-state index contributed by atoms with van der Waals surface area (Å²) in [5.74, 6) is -0.656. The van der Waals surface area contributed by atoms with Crippen LogP contribution in [0.15, 0.2) is 71.4 Å². The molecule has 1 unspecified atom stereocenters. The summed E-state index contributed by atoms with van der Waals surface area (Å²) in [6.07, 6.45) is 7.32. The number of hydrogen-bond donors (Lipinski definition) is 1. The Morgan fingerprint density at radius 1 is 1.23 bits per heavy atom. The van der Waals surface area contributed by atoms with Gasteiger partial charge in [0, 0.05) is 31.0 Å². The maximum atomic E-state index is 12.9. The number of Topliss-reactive ketones (excluding diaryl/α,β-unsaturated/α-hetero) is 1. The lowest BCUT2D eigenvalue weighted by atomic mass is 9.99. The van der Waals surface area contributed by atoms with Crippen LogP contribution in [0.4, 0.5) is 0 Å². The predicted octanol–water partition coefficient (Wildman–Crippen LogP) is 3.39. The van der Waals surface area contributed by atoms with Crippen molar-refractivity contribution in [3.63, 3.8) is 0 Å². The number of aliphatic hydroxyl groups is 1. The van der Waals surface area contributed by atoms with Crippen molar-refractivity contribution in [1.29, 1.82) is 0 Å². The van der Waals surface area contributed by atoms with E-state index >= 15 is 0 Å². The van der Waals surface area contributed by atoms with Crippen molar-refractivity contribution in [2.45, 2.75) is 25.9 Å². The van der Waals surface area contributed by atoms with E-state index in [1.54, 1.807) is 48.9 Å². The first-order chi connectivity index (χ1) is 15.1. The number of carbonyl (C=O) groups excluding carboxylic acids is 2. The van der Waals surface area contributed by atoms with E-state index in [1.165, 1.54) is 11.2 Å². The molecule has 3 heterocycles. The number of aromatic nitrogens is 2. The van der Waals surface area contributed by atoms with E-state index in [0.717, 1.165) is 0 Å². The Morgan fingerprint density at radius 3 is 2.81 bits per heavy atom. The monoisotopic (exact) mass is 421 g/mol. The van der Waals surface area contributed by atoms with Gasteiger partial charge >= 0.3 is 0 Å². The molecule has 8 heteroatoms. The quantitative estimate of drug-likeness (QED) is 0.340. The van der Waals surface area contributed by atoms with Crippen molar-refractivity contribution in [3.8, 4) is 5.75 Å². The summed E-state index contributed by atoms with van der Waals surface area (Å²) in [4.78, 5) is 31.3. The van der Waals surface area contributed by atoms with Crippen molar-refractivity contribution in [3.05, 3.63) is 78.3 Å². The molecule has 1 amide bonds. The zero-order chi connectivity index (χ0) is 21.8. The molecule has 1 aliphatic heterocycles. The van der Waals surface area contributed by atoms with Crippen LogP contribution in [-0.4, -0.2) is 44.4 Å². The highest BCUT2D eigenvalue weighted by Gasteiger charge is 2.47. The van der Waals surface area contributed by atoms with E-state index in [2.05, 4.69) is 4.98 Å². The number of nitrogens with zero attached hydrogens (tertiary/aromatic N) is 3. The lowest BCUT2D eigenvalue weighted by Gasteiger charge is -2.23. The Hall–Kier alpha value is -3.81. The van der Waals surface area contributed by atoms with Crippen LogP contribution in [0.25, 0.3) is 5.76 Å².